The van der Waals surface area contributed by atoms with Crippen molar-refractivity contribution in [1.82, 2.24) is 14.9 Å². The molecule has 0 spiro atoms. The second-order valence-corrected chi connectivity index (χ2v) is 5.79. The van der Waals surface area contributed by atoms with Gasteiger partial charge in [0.25, 0.3) is 0 Å². The monoisotopic (exact) mass is 259 g/mol. The van der Waals surface area contributed by atoms with Crippen LogP contribution in [0.4, 0.5) is 0 Å². The summed E-state index contributed by atoms with van der Waals surface area (Å²) in [5.74, 6) is 0.623. The fraction of sp³-hybridized carbons (Fsp3) is 0.533. The van der Waals surface area contributed by atoms with Gasteiger partial charge in [0.15, 0.2) is 0 Å². The lowest BCUT2D eigenvalue weighted by Crippen LogP contribution is -2.37. The molecular weight excluding hydrogens is 238 g/mol. The van der Waals surface area contributed by atoms with Crippen LogP contribution in [-0.2, 0) is 0 Å². The van der Waals surface area contributed by atoms with E-state index in [0.717, 1.165) is 11.0 Å². The highest BCUT2D eigenvalue weighted by atomic mass is 16.1. The molecule has 0 bridgehead atoms. The van der Waals surface area contributed by atoms with Gasteiger partial charge in [-0.25, -0.2) is 4.79 Å². The Balaban J connectivity index is 1.79. The average molecular weight is 259 g/mol. The number of imidazole rings is 1. The zero-order chi connectivity index (χ0) is 13.4. The Kier molecular flexibility index (Phi) is 3.19. The SMILES string of the molecule is CC(C)N1CCC(c2ccc3[nH]c(=O)[nH]c3c2)CC1. The van der Waals surface area contributed by atoms with Crippen LogP contribution in [-0.4, -0.2) is 34.0 Å². The molecule has 1 aliphatic rings. The van der Waals surface area contributed by atoms with E-state index in [-0.39, 0.29) is 5.69 Å². The van der Waals surface area contributed by atoms with Crippen LogP contribution in [0.2, 0.25) is 0 Å². The van der Waals surface area contributed by atoms with Gasteiger partial charge in [0.1, 0.15) is 0 Å². The number of H-pyrrole nitrogens is 2. The fourth-order valence-electron chi connectivity index (χ4n) is 3.05. The summed E-state index contributed by atoms with van der Waals surface area (Å²) in [4.78, 5) is 19.4. The molecule has 0 unspecified atom stereocenters. The van der Waals surface area contributed by atoms with Crippen LogP contribution >= 0.6 is 0 Å². The van der Waals surface area contributed by atoms with Crippen molar-refractivity contribution >= 4 is 11.0 Å². The molecule has 0 radical (unpaired) electrons. The maximum Gasteiger partial charge on any atom is 0.323 e. The molecule has 2 N–H and O–H groups in total. The number of rotatable bonds is 2. The van der Waals surface area contributed by atoms with Gasteiger partial charge < -0.3 is 14.9 Å². The maximum absolute atomic E-state index is 11.3. The highest BCUT2D eigenvalue weighted by molar-refractivity contribution is 5.75. The maximum atomic E-state index is 11.3. The van der Waals surface area contributed by atoms with Crippen molar-refractivity contribution < 1.29 is 0 Å². The molecule has 1 saturated heterocycles. The summed E-state index contributed by atoms with van der Waals surface area (Å²) in [5, 5.41) is 0. The molecule has 3 rings (SSSR count). The van der Waals surface area contributed by atoms with Gasteiger partial charge in [-0.2, -0.15) is 0 Å². The lowest BCUT2D eigenvalue weighted by atomic mass is 9.89. The first kappa shape index (κ1) is 12.5. The Hall–Kier alpha value is -1.55. The van der Waals surface area contributed by atoms with Crippen molar-refractivity contribution in [3.63, 3.8) is 0 Å². The number of hydrogen-bond donors (Lipinski definition) is 2. The smallest absolute Gasteiger partial charge is 0.306 e. The number of aromatic nitrogens is 2. The standard InChI is InChI=1S/C15H21N3O/c1-10(2)18-7-5-11(6-8-18)12-3-4-13-14(9-12)17-15(19)16-13/h3-4,9-11H,5-8H2,1-2H3,(H2,16,17,19). The summed E-state index contributed by atoms with van der Waals surface area (Å²) in [6.45, 7) is 6.86. The molecule has 4 heteroatoms. The number of fused-ring (bicyclic) bond motifs is 1. The molecule has 0 atom stereocenters. The first-order valence-corrected chi connectivity index (χ1v) is 7.09. The highest BCUT2D eigenvalue weighted by Crippen LogP contribution is 2.29. The number of aromatic amines is 2. The van der Waals surface area contributed by atoms with E-state index in [0.29, 0.717) is 12.0 Å². The molecule has 0 amide bonds. The molecule has 1 aromatic carbocycles. The third-order valence-electron chi connectivity index (χ3n) is 4.27. The number of piperidine rings is 1. The number of likely N-dealkylation sites (tertiary alicyclic amines) is 1. The Morgan fingerprint density at radius 2 is 1.84 bits per heavy atom. The van der Waals surface area contributed by atoms with Gasteiger partial charge in [-0.15, -0.1) is 0 Å². The van der Waals surface area contributed by atoms with Crippen molar-refractivity contribution in [2.24, 2.45) is 0 Å². The van der Waals surface area contributed by atoms with Crippen molar-refractivity contribution in [2.45, 2.75) is 38.6 Å². The molecular formula is C15H21N3O. The van der Waals surface area contributed by atoms with E-state index in [9.17, 15) is 4.79 Å². The molecule has 102 valence electrons. The van der Waals surface area contributed by atoms with Crippen LogP contribution < -0.4 is 5.69 Å². The zero-order valence-corrected chi connectivity index (χ0v) is 11.6. The highest BCUT2D eigenvalue weighted by Gasteiger charge is 2.22. The molecule has 4 nitrogen and oxygen atoms in total. The van der Waals surface area contributed by atoms with Crippen LogP contribution in [0.3, 0.4) is 0 Å². The van der Waals surface area contributed by atoms with E-state index in [1.54, 1.807) is 0 Å². The van der Waals surface area contributed by atoms with Crippen molar-refractivity contribution in [3.05, 3.63) is 34.2 Å². The summed E-state index contributed by atoms with van der Waals surface area (Å²) >= 11 is 0. The number of nitrogens with one attached hydrogen (secondary N) is 2. The lowest BCUT2D eigenvalue weighted by molar-refractivity contribution is 0.172. The van der Waals surface area contributed by atoms with Gasteiger partial charge in [0, 0.05) is 6.04 Å². The second kappa shape index (κ2) is 4.85. The van der Waals surface area contributed by atoms with Crippen molar-refractivity contribution in [3.8, 4) is 0 Å². The minimum absolute atomic E-state index is 0.123. The van der Waals surface area contributed by atoms with Gasteiger partial charge >= 0.3 is 5.69 Å². The number of hydrogen-bond acceptors (Lipinski definition) is 2. The third-order valence-corrected chi connectivity index (χ3v) is 4.27. The molecule has 0 saturated carbocycles. The second-order valence-electron chi connectivity index (χ2n) is 5.79. The zero-order valence-electron chi connectivity index (χ0n) is 11.6. The first-order valence-electron chi connectivity index (χ1n) is 7.09. The van der Waals surface area contributed by atoms with Crippen LogP contribution in [0.1, 0.15) is 38.2 Å². The largest absolute Gasteiger partial charge is 0.323 e. The summed E-state index contributed by atoms with van der Waals surface area (Å²) in [6.07, 6.45) is 2.41. The average Bonchev–Trinajstić information content (AvgIpc) is 2.77. The van der Waals surface area contributed by atoms with Crippen LogP contribution in [0, 0.1) is 0 Å². The molecule has 2 heterocycles. The fourth-order valence-corrected chi connectivity index (χ4v) is 3.05. The summed E-state index contributed by atoms with van der Waals surface area (Å²) in [6, 6.07) is 6.94. The van der Waals surface area contributed by atoms with E-state index in [1.807, 2.05) is 6.07 Å². The predicted octanol–water partition coefficient (Wildman–Crippen LogP) is 2.44. The van der Waals surface area contributed by atoms with Gasteiger partial charge in [-0.1, -0.05) is 6.07 Å². The van der Waals surface area contributed by atoms with Gasteiger partial charge in [0.05, 0.1) is 11.0 Å². The Morgan fingerprint density at radius 3 is 2.53 bits per heavy atom. The van der Waals surface area contributed by atoms with E-state index < -0.39 is 0 Å². The Morgan fingerprint density at radius 1 is 1.16 bits per heavy atom. The minimum Gasteiger partial charge on any atom is -0.306 e. The predicted molar refractivity (Wildman–Crippen MR) is 77.6 cm³/mol. The number of nitrogens with zero attached hydrogens (tertiary/aromatic N) is 1. The molecule has 1 aromatic heterocycles. The van der Waals surface area contributed by atoms with Crippen LogP contribution in [0.25, 0.3) is 11.0 Å². The quantitative estimate of drug-likeness (QED) is 0.870. The Labute approximate surface area is 112 Å². The van der Waals surface area contributed by atoms with Gasteiger partial charge in [-0.05, 0) is 63.4 Å². The summed E-state index contributed by atoms with van der Waals surface area (Å²) in [5.41, 5.74) is 3.05. The molecule has 1 aliphatic heterocycles. The van der Waals surface area contributed by atoms with E-state index >= 15 is 0 Å². The van der Waals surface area contributed by atoms with Gasteiger partial charge in [-0.3, -0.25) is 0 Å². The van der Waals surface area contributed by atoms with Crippen molar-refractivity contribution in [1.29, 1.82) is 0 Å². The van der Waals surface area contributed by atoms with Crippen molar-refractivity contribution in [2.75, 3.05) is 13.1 Å². The number of benzene rings is 1. The normalized spacial score (nSPS) is 18.5. The lowest BCUT2D eigenvalue weighted by Gasteiger charge is -2.34. The van der Waals surface area contributed by atoms with E-state index in [2.05, 4.69) is 40.8 Å². The molecule has 19 heavy (non-hydrogen) atoms. The molecule has 2 aromatic rings. The van der Waals surface area contributed by atoms with Crippen LogP contribution in [0.5, 0.6) is 0 Å². The van der Waals surface area contributed by atoms with E-state index in [4.69, 9.17) is 0 Å². The topological polar surface area (TPSA) is 51.9 Å². The van der Waals surface area contributed by atoms with Crippen LogP contribution in [0.15, 0.2) is 23.0 Å². The molecule has 1 fully saturated rings. The minimum atomic E-state index is -0.123. The molecule has 0 aliphatic carbocycles. The Bertz CT molecular complexity index is 618. The first-order chi connectivity index (χ1) is 9.13. The summed E-state index contributed by atoms with van der Waals surface area (Å²) in [7, 11) is 0. The van der Waals surface area contributed by atoms with E-state index in [1.165, 1.54) is 31.5 Å². The summed E-state index contributed by atoms with van der Waals surface area (Å²) < 4.78 is 0. The van der Waals surface area contributed by atoms with Gasteiger partial charge in [0.2, 0.25) is 0 Å². The third kappa shape index (κ3) is 2.45.